The first-order chi connectivity index (χ1) is 14.7. The third-order valence-electron chi connectivity index (χ3n) is 5.59. The molecule has 1 aromatic carbocycles. The summed E-state index contributed by atoms with van der Waals surface area (Å²) in [6.07, 6.45) is -3.67. The molecule has 0 fully saturated rings. The van der Waals surface area contributed by atoms with Crippen LogP contribution in [0.3, 0.4) is 0 Å². The Morgan fingerprint density at radius 1 is 1.23 bits per heavy atom. The van der Waals surface area contributed by atoms with Crippen molar-refractivity contribution in [2.45, 2.75) is 39.3 Å². The van der Waals surface area contributed by atoms with E-state index in [1.807, 2.05) is 6.92 Å². The summed E-state index contributed by atoms with van der Waals surface area (Å²) in [5, 5.41) is 0.809. The molecule has 1 unspecified atom stereocenters. The first-order valence-corrected chi connectivity index (χ1v) is 9.83. The third kappa shape index (κ3) is 3.81. The summed E-state index contributed by atoms with van der Waals surface area (Å²) < 4.78 is 43.9. The van der Waals surface area contributed by atoms with Crippen molar-refractivity contribution in [2.75, 3.05) is 12.3 Å². The first-order valence-electron chi connectivity index (χ1n) is 9.83. The van der Waals surface area contributed by atoms with E-state index in [9.17, 15) is 18.0 Å². The molecule has 1 atom stereocenters. The number of anilines is 1. The van der Waals surface area contributed by atoms with Crippen molar-refractivity contribution in [1.29, 1.82) is 0 Å². The molecule has 1 amide bonds. The highest BCUT2D eigenvalue weighted by Crippen LogP contribution is 2.33. The molecule has 2 N–H and O–H groups in total. The molecule has 0 spiro atoms. The lowest BCUT2D eigenvalue weighted by atomic mass is 10.0. The summed E-state index contributed by atoms with van der Waals surface area (Å²) >= 11 is 0. The highest BCUT2D eigenvalue weighted by atomic mass is 19.4. The number of halogens is 3. The Balaban J connectivity index is 1.65. The van der Waals surface area contributed by atoms with Crippen LogP contribution in [0.25, 0.3) is 10.9 Å². The number of fused-ring (bicyclic) bond motifs is 3. The molecule has 3 aromatic rings. The van der Waals surface area contributed by atoms with Gasteiger partial charge in [-0.05, 0) is 49.7 Å². The van der Waals surface area contributed by atoms with Gasteiger partial charge in [-0.15, -0.1) is 0 Å². The minimum Gasteiger partial charge on any atom is -0.383 e. The number of nitrogens with two attached hydrogens (primary N) is 1. The molecule has 3 heterocycles. The first kappa shape index (κ1) is 21.0. The number of nitrogen functional groups attached to an aromatic ring is 1. The van der Waals surface area contributed by atoms with Crippen molar-refractivity contribution >= 4 is 22.6 Å². The highest BCUT2D eigenvalue weighted by molar-refractivity contribution is 5.99. The maximum atomic E-state index is 13.3. The van der Waals surface area contributed by atoms with Gasteiger partial charge in [0.15, 0.2) is 0 Å². The van der Waals surface area contributed by atoms with E-state index in [-0.39, 0.29) is 5.91 Å². The summed E-state index contributed by atoms with van der Waals surface area (Å²) in [7, 11) is 0. The van der Waals surface area contributed by atoms with E-state index in [1.54, 1.807) is 30.0 Å². The Labute approximate surface area is 176 Å². The molecule has 0 saturated heterocycles. The molecule has 0 bridgehead atoms. The minimum absolute atomic E-state index is 0.247. The topological polar surface area (TPSA) is 81.3 Å². The molecule has 0 saturated carbocycles. The quantitative estimate of drug-likeness (QED) is 0.660. The lowest BCUT2D eigenvalue weighted by Gasteiger charge is -2.28. The van der Waals surface area contributed by atoms with E-state index in [1.165, 1.54) is 6.07 Å². The lowest BCUT2D eigenvalue weighted by Crippen LogP contribution is -2.34. The number of benzene rings is 1. The van der Waals surface area contributed by atoms with E-state index in [0.29, 0.717) is 42.4 Å². The minimum atomic E-state index is -4.46. The van der Waals surface area contributed by atoms with Crippen molar-refractivity contribution in [3.63, 3.8) is 0 Å². The zero-order valence-corrected chi connectivity index (χ0v) is 17.0. The van der Waals surface area contributed by atoms with Crippen molar-refractivity contribution < 1.29 is 22.7 Å². The number of hydrogen-bond donors (Lipinski definition) is 1. The Hall–Kier alpha value is -3.20. The Morgan fingerprint density at radius 2 is 1.97 bits per heavy atom. The van der Waals surface area contributed by atoms with E-state index in [4.69, 9.17) is 10.5 Å². The molecule has 31 heavy (non-hydrogen) atoms. The maximum absolute atomic E-state index is 13.3. The number of carbonyl (C=O) groups excluding carboxylic acids is 1. The van der Waals surface area contributed by atoms with Crippen LogP contribution in [-0.4, -0.2) is 27.3 Å². The van der Waals surface area contributed by atoms with Crippen molar-refractivity contribution in [1.82, 2.24) is 14.9 Å². The fraction of sp³-hybridized carbons (Fsp3) is 0.318. The molecule has 162 valence electrons. The molecule has 2 aromatic heterocycles. The number of nitrogens with zero attached hydrogens (tertiary/aromatic N) is 3. The number of alkyl halides is 3. The average molecular weight is 430 g/mol. The monoisotopic (exact) mass is 430 g/mol. The Bertz CT molecular complexity index is 1150. The van der Waals surface area contributed by atoms with E-state index in [0.717, 1.165) is 28.8 Å². The van der Waals surface area contributed by atoms with E-state index >= 15 is 0 Å². The fourth-order valence-electron chi connectivity index (χ4n) is 3.84. The van der Waals surface area contributed by atoms with Gasteiger partial charge in [0.05, 0.1) is 36.0 Å². The van der Waals surface area contributed by atoms with Crippen LogP contribution in [0.4, 0.5) is 19.0 Å². The standard InChI is InChI=1S/C22H21F3N4O2/c1-3-29(12(2)18-7-5-14(9-27-18)22(23,24)25)21(30)13-4-6-19-15(8-13)16-10-31-11-17(16)20(26)28-19/h4-9,12H,3,10-11H2,1-2H3,(H2,26,28). The van der Waals surface area contributed by atoms with Crippen LogP contribution < -0.4 is 5.73 Å². The summed E-state index contributed by atoms with van der Waals surface area (Å²) in [4.78, 5) is 23.2. The molecule has 0 radical (unpaired) electrons. The number of rotatable bonds is 4. The normalized spacial score (nSPS) is 14.5. The molecule has 1 aliphatic heterocycles. The van der Waals surface area contributed by atoms with Gasteiger partial charge in [0.25, 0.3) is 5.91 Å². The van der Waals surface area contributed by atoms with Crippen molar-refractivity contribution in [3.05, 3.63) is 64.5 Å². The second kappa shape index (κ2) is 7.81. The fourth-order valence-corrected chi connectivity index (χ4v) is 3.84. The number of carbonyl (C=O) groups is 1. The maximum Gasteiger partial charge on any atom is 0.417 e. The Morgan fingerprint density at radius 3 is 2.61 bits per heavy atom. The van der Waals surface area contributed by atoms with Crippen LogP contribution in [0.1, 0.15) is 52.6 Å². The second-order valence-electron chi connectivity index (χ2n) is 7.42. The van der Waals surface area contributed by atoms with Crippen LogP contribution >= 0.6 is 0 Å². The van der Waals surface area contributed by atoms with Gasteiger partial charge in [-0.25, -0.2) is 4.98 Å². The summed E-state index contributed by atoms with van der Waals surface area (Å²) in [6.45, 7) is 4.71. The van der Waals surface area contributed by atoms with Gasteiger partial charge in [0.1, 0.15) is 5.82 Å². The van der Waals surface area contributed by atoms with Gasteiger partial charge in [0, 0.05) is 29.3 Å². The molecule has 6 nitrogen and oxygen atoms in total. The van der Waals surface area contributed by atoms with Gasteiger partial charge >= 0.3 is 6.18 Å². The molecule has 4 rings (SSSR count). The highest BCUT2D eigenvalue weighted by Gasteiger charge is 2.31. The number of hydrogen-bond acceptors (Lipinski definition) is 5. The van der Waals surface area contributed by atoms with Crippen LogP contribution in [0.2, 0.25) is 0 Å². The smallest absolute Gasteiger partial charge is 0.383 e. The van der Waals surface area contributed by atoms with Gasteiger partial charge < -0.3 is 15.4 Å². The third-order valence-corrected chi connectivity index (χ3v) is 5.59. The van der Waals surface area contributed by atoms with Crippen LogP contribution in [0, 0.1) is 0 Å². The predicted molar refractivity (Wildman–Crippen MR) is 109 cm³/mol. The molecule has 1 aliphatic rings. The number of amides is 1. The van der Waals surface area contributed by atoms with E-state index in [2.05, 4.69) is 9.97 Å². The summed E-state index contributed by atoms with van der Waals surface area (Å²) in [6, 6.07) is 6.97. The lowest BCUT2D eigenvalue weighted by molar-refractivity contribution is -0.137. The average Bonchev–Trinajstić information content (AvgIpc) is 3.24. The zero-order chi connectivity index (χ0) is 22.3. The second-order valence-corrected chi connectivity index (χ2v) is 7.42. The number of ether oxygens (including phenoxy) is 1. The predicted octanol–water partition coefficient (Wildman–Crippen LogP) is 4.48. The molecule has 0 aliphatic carbocycles. The van der Waals surface area contributed by atoms with Crippen molar-refractivity contribution in [3.8, 4) is 0 Å². The van der Waals surface area contributed by atoms with Crippen LogP contribution in [0.15, 0.2) is 36.5 Å². The van der Waals surface area contributed by atoms with Gasteiger partial charge in [-0.2, -0.15) is 13.2 Å². The molecular formula is C22H21F3N4O2. The number of pyridine rings is 2. The molecular weight excluding hydrogens is 409 g/mol. The van der Waals surface area contributed by atoms with Gasteiger partial charge in [0.2, 0.25) is 0 Å². The Kier molecular flexibility index (Phi) is 5.30. The number of aromatic nitrogens is 2. The van der Waals surface area contributed by atoms with Gasteiger partial charge in [-0.1, -0.05) is 0 Å². The van der Waals surface area contributed by atoms with Gasteiger partial charge in [-0.3, -0.25) is 9.78 Å². The van der Waals surface area contributed by atoms with E-state index < -0.39 is 17.8 Å². The van der Waals surface area contributed by atoms with Crippen LogP contribution in [-0.2, 0) is 24.1 Å². The summed E-state index contributed by atoms with van der Waals surface area (Å²) in [5.41, 5.74) is 8.46. The molecule has 9 heteroatoms. The zero-order valence-electron chi connectivity index (χ0n) is 17.0. The SMILES string of the molecule is CCN(C(=O)c1ccc2nc(N)c3c(c2c1)COC3)C(C)c1ccc(C(F)(F)F)cn1. The largest absolute Gasteiger partial charge is 0.417 e. The van der Waals surface area contributed by atoms with Crippen LogP contribution in [0.5, 0.6) is 0 Å². The van der Waals surface area contributed by atoms with Crippen molar-refractivity contribution in [2.24, 2.45) is 0 Å². The summed E-state index contributed by atoms with van der Waals surface area (Å²) in [5.74, 6) is 0.180.